The molecule has 76 valence electrons. The fourth-order valence-electron chi connectivity index (χ4n) is 1.18. The molecule has 1 unspecified atom stereocenters. The Bertz CT molecular complexity index is 178. The van der Waals surface area contributed by atoms with Gasteiger partial charge in [-0.3, -0.25) is 9.59 Å². The highest BCUT2D eigenvalue weighted by Crippen LogP contribution is 2.01. The number of likely N-dealkylation sites (N-methyl/N-ethyl adjacent to an activating group) is 1. The van der Waals surface area contributed by atoms with E-state index < -0.39 is 0 Å². The number of nitrogens with one attached hydrogen (secondary N) is 1. The normalized spacial score (nSPS) is 12.5. The summed E-state index contributed by atoms with van der Waals surface area (Å²) in [4.78, 5) is 22.1. The van der Waals surface area contributed by atoms with Crippen LogP contribution in [0.15, 0.2) is 0 Å². The van der Waals surface area contributed by atoms with Crippen molar-refractivity contribution in [3.8, 4) is 0 Å². The number of Topliss-reactive ketones (excluding diaryl/α,β-unsaturated/α-hetero) is 2. The monoisotopic (exact) mass is 185 g/mol. The van der Waals surface area contributed by atoms with Gasteiger partial charge in [0.15, 0.2) is 0 Å². The third-order valence-electron chi connectivity index (χ3n) is 2.05. The van der Waals surface area contributed by atoms with Crippen LogP contribution in [0, 0.1) is 0 Å². The van der Waals surface area contributed by atoms with Crippen molar-refractivity contribution in [2.75, 3.05) is 6.54 Å². The van der Waals surface area contributed by atoms with Crippen LogP contribution in [-0.4, -0.2) is 24.2 Å². The third-order valence-corrected chi connectivity index (χ3v) is 2.05. The lowest BCUT2D eigenvalue weighted by Crippen LogP contribution is -2.35. The van der Waals surface area contributed by atoms with Gasteiger partial charge in [-0.1, -0.05) is 13.8 Å². The zero-order valence-electron chi connectivity index (χ0n) is 8.72. The van der Waals surface area contributed by atoms with Crippen LogP contribution < -0.4 is 5.32 Å². The van der Waals surface area contributed by atoms with Crippen molar-refractivity contribution < 1.29 is 9.59 Å². The van der Waals surface area contributed by atoms with E-state index in [0.717, 1.165) is 6.54 Å². The largest absolute Gasteiger partial charge is 0.308 e. The smallest absolute Gasteiger partial charge is 0.146 e. The summed E-state index contributed by atoms with van der Waals surface area (Å²) in [6.07, 6.45) is 1.71. The maximum absolute atomic E-state index is 11.1. The van der Waals surface area contributed by atoms with Crippen LogP contribution in [-0.2, 0) is 9.59 Å². The van der Waals surface area contributed by atoms with Gasteiger partial charge in [-0.2, -0.15) is 0 Å². The molecule has 0 aromatic carbocycles. The second kappa shape index (κ2) is 6.78. The van der Waals surface area contributed by atoms with Gasteiger partial charge >= 0.3 is 0 Å². The van der Waals surface area contributed by atoms with Crippen LogP contribution in [0.5, 0.6) is 0 Å². The summed E-state index contributed by atoms with van der Waals surface area (Å²) in [5, 5.41) is 3.06. The summed E-state index contributed by atoms with van der Waals surface area (Å²) in [6, 6.07) is -0.138. The van der Waals surface area contributed by atoms with E-state index in [2.05, 4.69) is 5.32 Å². The molecule has 0 rings (SSSR count). The highest BCUT2D eigenvalue weighted by Gasteiger charge is 2.13. The van der Waals surface area contributed by atoms with Crippen molar-refractivity contribution in [3.05, 3.63) is 0 Å². The van der Waals surface area contributed by atoms with Gasteiger partial charge in [-0.15, -0.1) is 0 Å². The number of hydrogen-bond donors (Lipinski definition) is 1. The van der Waals surface area contributed by atoms with E-state index in [0.29, 0.717) is 19.3 Å². The van der Waals surface area contributed by atoms with Gasteiger partial charge in [0.2, 0.25) is 0 Å². The number of ketones is 2. The molecule has 0 heterocycles. The maximum Gasteiger partial charge on any atom is 0.146 e. The van der Waals surface area contributed by atoms with E-state index >= 15 is 0 Å². The highest BCUT2D eigenvalue weighted by atomic mass is 16.1. The Morgan fingerprint density at radius 1 is 1.31 bits per heavy atom. The molecule has 0 aliphatic heterocycles. The van der Waals surface area contributed by atoms with E-state index in [1.54, 1.807) is 6.92 Å². The van der Waals surface area contributed by atoms with Gasteiger partial charge in [0, 0.05) is 12.8 Å². The quantitative estimate of drug-likeness (QED) is 0.650. The predicted molar refractivity (Wildman–Crippen MR) is 52.7 cm³/mol. The molecule has 3 nitrogen and oxygen atoms in total. The van der Waals surface area contributed by atoms with E-state index in [-0.39, 0.29) is 17.6 Å². The lowest BCUT2D eigenvalue weighted by Gasteiger charge is -2.13. The van der Waals surface area contributed by atoms with Crippen molar-refractivity contribution in [1.29, 1.82) is 0 Å². The molecule has 0 spiro atoms. The van der Waals surface area contributed by atoms with Crippen molar-refractivity contribution in [2.45, 2.75) is 46.1 Å². The Balaban J connectivity index is 3.82. The first-order valence-corrected chi connectivity index (χ1v) is 4.87. The lowest BCUT2D eigenvalue weighted by molar-refractivity contribution is -0.120. The number of carbonyl (C=O) groups is 2. The summed E-state index contributed by atoms with van der Waals surface area (Å²) in [5.74, 6) is 0.343. The molecule has 0 aromatic heterocycles. The van der Waals surface area contributed by atoms with Crippen molar-refractivity contribution in [2.24, 2.45) is 0 Å². The van der Waals surface area contributed by atoms with Crippen molar-refractivity contribution in [1.82, 2.24) is 5.32 Å². The van der Waals surface area contributed by atoms with Crippen molar-refractivity contribution in [3.63, 3.8) is 0 Å². The third kappa shape index (κ3) is 5.53. The summed E-state index contributed by atoms with van der Waals surface area (Å²) in [6.45, 7) is 6.13. The number of hydrogen-bond acceptors (Lipinski definition) is 3. The molecule has 0 radical (unpaired) electrons. The van der Waals surface area contributed by atoms with E-state index in [9.17, 15) is 9.59 Å². The molecule has 0 aromatic rings. The summed E-state index contributed by atoms with van der Waals surface area (Å²) < 4.78 is 0. The van der Waals surface area contributed by atoms with Gasteiger partial charge in [-0.25, -0.2) is 0 Å². The van der Waals surface area contributed by atoms with Crippen LogP contribution in [0.25, 0.3) is 0 Å². The van der Waals surface area contributed by atoms with Crippen LogP contribution in [0.1, 0.15) is 40.0 Å². The highest BCUT2D eigenvalue weighted by molar-refractivity contribution is 5.83. The maximum atomic E-state index is 11.1. The molecule has 0 fully saturated rings. The average molecular weight is 185 g/mol. The summed E-state index contributed by atoms with van der Waals surface area (Å²) in [7, 11) is 0. The molecule has 0 saturated heterocycles. The molecule has 13 heavy (non-hydrogen) atoms. The minimum Gasteiger partial charge on any atom is -0.308 e. The average Bonchev–Trinajstić information content (AvgIpc) is 2.11. The van der Waals surface area contributed by atoms with Gasteiger partial charge < -0.3 is 5.32 Å². The van der Waals surface area contributed by atoms with E-state index in [4.69, 9.17) is 0 Å². The Morgan fingerprint density at radius 2 is 1.92 bits per heavy atom. The molecule has 3 heteroatoms. The minimum atomic E-state index is -0.138. The molecule has 1 N–H and O–H groups in total. The molecule has 1 atom stereocenters. The molecule has 0 aliphatic carbocycles. The minimum absolute atomic E-state index is 0.116. The lowest BCUT2D eigenvalue weighted by atomic mass is 10.0. The second-order valence-electron chi connectivity index (χ2n) is 3.15. The molecular weight excluding hydrogens is 166 g/mol. The van der Waals surface area contributed by atoms with E-state index in [1.807, 2.05) is 13.8 Å². The zero-order valence-corrected chi connectivity index (χ0v) is 8.72. The summed E-state index contributed by atoms with van der Waals surface area (Å²) >= 11 is 0. The van der Waals surface area contributed by atoms with Gasteiger partial charge in [-0.05, 0) is 19.9 Å². The van der Waals surface area contributed by atoms with Gasteiger partial charge in [0.1, 0.15) is 11.6 Å². The summed E-state index contributed by atoms with van der Waals surface area (Å²) in [5.41, 5.74) is 0. The molecule has 0 aliphatic rings. The number of carbonyl (C=O) groups excluding carboxylic acids is 2. The first-order chi connectivity index (χ1) is 6.11. The molecule has 0 bridgehead atoms. The first kappa shape index (κ1) is 12.3. The van der Waals surface area contributed by atoms with E-state index in [1.165, 1.54) is 0 Å². The van der Waals surface area contributed by atoms with Crippen LogP contribution in [0.4, 0.5) is 0 Å². The second-order valence-corrected chi connectivity index (χ2v) is 3.15. The Kier molecular flexibility index (Phi) is 6.41. The Hall–Kier alpha value is -0.700. The molecular formula is C10H19NO2. The SMILES string of the molecule is CCNC(CCC(=O)CC)C(C)=O. The van der Waals surface area contributed by atoms with Gasteiger partial charge in [0.05, 0.1) is 6.04 Å². The molecule has 0 saturated carbocycles. The standard InChI is InChI=1S/C10H19NO2/c1-4-9(13)6-7-10(8(3)12)11-5-2/h10-11H,4-7H2,1-3H3. The predicted octanol–water partition coefficient (Wildman–Crippen LogP) is 1.31. The topological polar surface area (TPSA) is 46.2 Å². The molecule has 0 amide bonds. The van der Waals surface area contributed by atoms with Gasteiger partial charge in [0.25, 0.3) is 0 Å². The van der Waals surface area contributed by atoms with Crippen LogP contribution in [0.3, 0.4) is 0 Å². The fraction of sp³-hybridized carbons (Fsp3) is 0.800. The zero-order chi connectivity index (χ0) is 10.3. The Labute approximate surface area is 79.9 Å². The van der Waals surface area contributed by atoms with Crippen molar-refractivity contribution >= 4 is 11.6 Å². The first-order valence-electron chi connectivity index (χ1n) is 4.87. The fourth-order valence-corrected chi connectivity index (χ4v) is 1.18. The van der Waals surface area contributed by atoms with Crippen LogP contribution in [0.2, 0.25) is 0 Å². The van der Waals surface area contributed by atoms with Crippen LogP contribution >= 0.6 is 0 Å². The number of rotatable bonds is 7. The Morgan fingerprint density at radius 3 is 2.31 bits per heavy atom.